The van der Waals surface area contributed by atoms with E-state index in [1.165, 1.54) is 6.07 Å². The van der Waals surface area contributed by atoms with Gasteiger partial charge in [0.1, 0.15) is 17.2 Å². The van der Waals surface area contributed by atoms with Crippen LogP contribution in [-0.2, 0) is 0 Å². The molecule has 0 spiro atoms. The summed E-state index contributed by atoms with van der Waals surface area (Å²) in [5.74, 6) is -2.40. The van der Waals surface area contributed by atoms with Gasteiger partial charge in [-0.3, -0.25) is 9.69 Å². The first-order valence-corrected chi connectivity index (χ1v) is 10.1. The molecule has 0 radical (unpaired) electrons. The third-order valence-electron chi connectivity index (χ3n) is 5.10. The first kappa shape index (κ1) is 19.9. The second-order valence-electron chi connectivity index (χ2n) is 6.79. The maximum Gasteiger partial charge on any atom is 0.257 e. The van der Waals surface area contributed by atoms with E-state index in [0.717, 1.165) is 49.7 Å². The molecular formula is C20H25F2N3OS. The third-order valence-corrected chi connectivity index (χ3v) is 6.05. The summed E-state index contributed by atoms with van der Waals surface area (Å²) in [7, 11) is 0. The van der Waals surface area contributed by atoms with Gasteiger partial charge in [-0.15, -0.1) is 11.3 Å². The van der Waals surface area contributed by atoms with Gasteiger partial charge in [0.05, 0.1) is 6.04 Å². The zero-order chi connectivity index (χ0) is 19.4. The van der Waals surface area contributed by atoms with Crippen LogP contribution in [-0.4, -0.2) is 54.5 Å². The van der Waals surface area contributed by atoms with Crippen molar-refractivity contribution in [2.45, 2.75) is 25.9 Å². The fourth-order valence-corrected chi connectivity index (χ4v) is 4.60. The summed E-state index contributed by atoms with van der Waals surface area (Å²) in [6.07, 6.45) is 0. The second kappa shape index (κ2) is 8.91. The molecule has 3 rings (SSSR count). The minimum Gasteiger partial charge on any atom is -0.347 e. The number of amides is 1. The smallest absolute Gasteiger partial charge is 0.257 e. The number of piperazine rings is 1. The molecule has 2 aromatic rings. The van der Waals surface area contributed by atoms with E-state index in [1.807, 2.05) is 24.4 Å². The van der Waals surface area contributed by atoms with Gasteiger partial charge in [-0.2, -0.15) is 0 Å². The minimum atomic E-state index is -0.844. The summed E-state index contributed by atoms with van der Waals surface area (Å²) in [4.78, 5) is 18.4. The third kappa shape index (κ3) is 4.54. The first-order chi connectivity index (χ1) is 13.0. The largest absolute Gasteiger partial charge is 0.347 e. The quantitative estimate of drug-likeness (QED) is 0.816. The highest BCUT2D eigenvalue weighted by Crippen LogP contribution is 2.29. The molecule has 0 saturated carbocycles. The van der Waals surface area contributed by atoms with Crippen LogP contribution in [0.4, 0.5) is 8.78 Å². The molecule has 4 nitrogen and oxygen atoms in total. The van der Waals surface area contributed by atoms with Crippen molar-refractivity contribution in [3.8, 4) is 0 Å². The summed E-state index contributed by atoms with van der Waals surface area (Å²) < 4.78 is 27.9. The minimum absolute atomic E-state index is 0.0252. The molecule has 0 bridgehead atoms. The summed E-state index contributed by atoms with van der Waals surface area (Å²) >= 11 is 1.63. The Kier molecular flexibility index (Phi) is 6.57. The van der Waals surface area contributed by atoms with Crippen LogP contribution in [0.3, 0.4) is 0 Å². The summed E-state index contributed by atoms with van der Waals surface area (Å²) in [6, 6.07) is 7.18. The van der Waals surface area contributed by atoms with E-state index in [-0.39, 0.29) is 12.1 Å². The molecule has 7 heteroatoms. The molecule has 146 valence electrons. The van der Waals surface area contributed by atoms with Crippen molar-refractivity contribution in [1.82, 2.24) is 15.1 Å². The van der Waals surface area contributed by atoms with Crippen molar-refractivity contribution in [3.05, 3.63) is 57.8 Å². The molecular weight excluding hydrogens is 368 g/mol. The predicted octanol–water partition coefficient (Wildman–Crippen LogP) is 3.52. The van der Waals surface area contributed by atoms with E-state index in [2.05, 4.69) is 22.0 Å². The highest BCUT2D eigenvalue weighted by atomic mass is 32.1. The van der Waals surface area contributed by atoms with Gasteiger partial charge in [0.15, 0.2) is 0 Å². The molecule has 1 aliphatic heterocycles. The van der Waals surface area contributed by atoms with Gasteiger partial charge in [-0.05, 0) is 37.0 Å². The topological polar surface area (TPSA) is 35.6 Å². The van der Waals surface area contributed by atoms with E-state index >= 15 is 0 Å². The average molecular weight is 394 g/mol. The highest BCUT2D eigenvalue weighted by Gasteiger charge is 2.31. The van der Waals surface area contributed by atoms with Gasteiger partial charge in [0, 0.05) is 37.1 Å². The highest BCUT2D eigenvalue weighted by molar-refractivity contribution is 7.10. The number of nitrogens with one attached hydrogen (secondary N) is 1. The molecule has 1 saturated heterocycles. The number of halogens is 2. The Morgan fingerprint density at radius 2 is 1.81 bits per heavy atom. The lowest BCUT2D eigenvalue weighted by Gasteiger charge is -2.41. The van der Waals surface area contributed by atoms with Crippen molar-refractivity contribution < 1.29 is 13.6 Å². The molecule has 2 atom stereocenters. The molecule has 1 N–H and O–H groups in total. The molecule has 27 heavy (non-hydrogen) atoms. The summed E-state index contributed by atoms with van der Waals surface area (Å²) in [5.41, 5.74) is -0.523. The van der Waals surface area contributed by atoms with E-state index in [9.17, 15) is 13.6 Å². The van der Waals surface area contributed by atoms with Crippen LogP contribution in [0.25, 0.3) is 0 Å². The Balaban J connectivity index is 1.77. The zero-order valence-corrected chi connectivity index (χ0v) is 16.4. The van der Waals surface area contributed by atoms with Gasteiger partial charge >= 0.3 is 0 Å². The Morgan fingerprint density at radius 1 is 1.15 bits per heavy atom. The van der Waals surface area contributed by atoms with E-state index in [1.54, 1.807) is 11.3 Å². The lowest BCUT2D eigenvalue weighted by Crippen LogP contribution is -2.52. The number of benzene rings is 1. The lowest BCUT2D eigenvalue weighted by atomic mass is 10.0. The van der Waals surface area contributed by atoms with Crippen molar-refractivity contribution in [2.75, 3.05) is 32.7 Å². The van der Waals surface area contributed by atoms with Crippen LogP contribution in [0, 0.1) is 11.6 Å². The number of likely N-dealkylation sites (N-methyl/N-ethyl adjacent to an activating group) is 1. The maximum atomic E-state index is 13.9. The fourth-order valence-electron chi connectivity index (χ4n) is 3.63. The molecule has 0 aliphatic carbocycles. The number of carbonyl (C=O) groups is 1. The van der Waals surface area contributed by atoms with Crippen LogP contribution >= 0.6 is 11.3 Å². The van der Waals surface area contributed by atoms with Crippen LogP contribution in [0.1, 0.15) is 35.1 Å². The van der Waals surface area contributed by atoms with E-state index in [0.29, 0.717) is 0 Å². The molecule has 1 aliphatic rings. The van der Waals surface area contributed by atoms with Crippen molar-refractivity contribution in [2.24, 2.45) is 0 Å². The number of hydrogen-bond donors (Lipinski definition) is 1. The molecule has 2 heterocycles. The van der Waals surface area contributed by atoms with E-state index < -0.39 is 23.1 Å². The SMILES string of the molecule is CCN1CCN([C@@H](c2cccs2)[C@@H](C)NC(=O)c2c(F)cccc2F)CC1. The second-order valence-corrected chi connectivity index (χ2v) is 7.77. The molecule has 1 fully saturated rings. The Labute approximate surface area is 162 Å². The predicted molar refractivity (Wildman–Crippen MR) is 104 cm³/mol. The summed E-state index contributed by atoms with van der Waals surface area (Å²) in [6.45, 7) is 8.80. The normalized spacial score (nSPS) is 18.2. The van der Waals surface area contributed by atoms with Gasteiger partial charge in [-0.25, -0.2) is 8.78 Å². The number of nitrogens with zero attached hydrogens (tertiary/aromatic N) is 2. The molecule has 1 aromatic heterocycles. The number of rotatable bonds is 6. The summed E-state index contributed by atoms with van der Waals surface area (Å²) in [5, 5.41) is 4.83. The monoisotopic (exact) mass is 393 g/mol. The van der Waals surface area contributed by atoms with Crippen LogP contribution < -0.4 is 5.32 Å². The fraction of sp³-hybridized carbons (Fsp3) is 0.450. The van der Waals surface area contributed by atoms with Gasteiger partial charge in [-0.1, -0.05) is 19.1 Å². The van der Waals surface area contributed by atoms with Crippen LogP contribution in [0.15, 0.2) is 35.7 Å². The average Bonchev–Trinajstić information content (AvgIpc) is 3.16. The molecule has 1 amide bonds. The Hall–Kier alpha value is -1.83. The standard InChI is InChI=1S/C20H25F2N3OS/c1-3-24-9-11-25(12-10-24)19(17-8-5-13-27-17)14(2)23-20(26)18-15(21)6-4-7-16(18)22/h4-8,13-14,19H,3,9-12H2,1-2H3,(H,23,26)/t14-,19-/m1/s1. The lowest BCUT2D eigenvalue weighted by molar-refractivity contribution is 0.0749. The van der Waals surface area contributed by atoms with Crippen molar-refractivity contribution in [3.63, 3.8) is 0 Å². The molecule has 0 unspecified atom stereocenters. The maximum absolute atomic E-state index is 13.9. The van der Waals surface area contributed by atoms with Gasteiger partial charge in [0.2, 0.25) is 0 Å². The molecule has 1 aromatic carbocycles. The van der Waals surface area contributed by atoms with Crippen LogP contribution in [0.2, 0.25) is 0 Å². The number of carbonyl (C=O) groups excluding carboxylic acids is 1. The van der Waals surface area contributed by atoms with Gasteiger partial charge in [0.25, 0.3) is 5.91 Å². The number of thiophene rings is 1. The van der Waals surface area contributed by atoms with Crippen molar-refractivity contribution >= 4 is 17.2 Å². The Bertz CT molecular complexity index is 740. The zero-order valence-electron chi connectivity index (χ0n) is 15.6. The van der Waals surface area contributed by atoms with Gasteiger partial charge < -0.3 is 10.2 Å². The first-order valence-electron chi connectivity index (χ1n) is 9.26. The van der Waals surface area contributed by atoms with Crippen LogP contribution in [0.5, 0.6) is 0 Å². The van der Waals surface area contributed by atoms with Crippen molar-refractivity contribution in [1.29, 1.82) is 0 Å². The van der Waals surface area contributed by atoms with E-state index in [4.69, 9.17) is 0 Å². The Morgan fingerprint density at radius 3 is 2.37 bits per heavy atom. The number of hydrogen-bond acceptors (Lipinski definition) is 4.